The van der Waals surface area contributed by atoms with Crippen LogP contribution < -0.4 is 5.73 Å². The summed E-state index contributed by atoms with van der Waals surface area (Å²) in [5.41, 5.74) is 11.1. The molecule has 0 bridgehead atoms. The summed E-state index contributed by atoms with van der Waals surface area (Å²) in [5, 5.41) is 9.87. The number of hydrogen-bond donors (Lipinski definition) is 2. The molecule has 0 saturated heterocycles. The van der Waals surface area contributed by atoms with Crippen LogP contribution in [-0.4, -0.2) is 15.6 Å². The average Bonchev–Trinajstić information content (AvgIpc) is 2.92. The molecule has 1 amide bonds. The lowest BCUT2D eigenvalue weighted by molar-refractivity contribution is 0.1000. The summed E-state index contributed by atoms with van der Waals surface area (Å²) < 4.78 is 2.19. The Bertz CT molecular complexity index is 927. The van der Waals surface area contributed by atoms with E-state index in [1.807, 2.05) is 31.2 Å². The highest BCUT2D eigenvalue weighted by Gasteiger charge is 2.23. The molecular weight excluding hydrogens is 324 g/mol. The zero-order chi connectivity index (χ0) is 18.7. The second kappa shape index (κ2) is 7.48. The number of rotatable bonds is 6. The van der Waals surface area contributed by atoms with Gasteiger partial charge in [-0.3, -0.25) is 4.79 Å². The Morgan fingerprint density at radius 3 is 2.46 bits per heavy atom. The number of carbonyl (C=O) groups is 1. The molecule has 134 valence electrons. The van der Waals surface area contributed by atoms with E-state index >= 15 is 0 Å². The largest absolute Gasteiger partial charge is 0.508 e. The van der Waals surface area contributed by atoms with Crippen LogP contribution in [0.25, 0.3) is 11.1 Å². The average molecular weight is 348 g/mol. The zero-order valence-electron chi connectivity index (χ0n) is 15.2. The number of aromatic nitrogens is 1. The van der Waals surface area contributed by atoms with E-state index in [1.165, 1.54) is 5.56 Å². The van der Waals surface area contributed by atoms with E-state index in [1.54, 1.807) is 18.2 Å². The Morgan fingerprint density at radius 1 is 1.12 bits per heavy atom. The lowest BCUT2D eigenvalue weighted by atomic mass is 9.98. The highest BCUT2D eigenvalue weighted by atomic mass is 16.3. The zero-order valence-corrected chi connectivity index (χ0v) is 15.2. The number of benzene rings is 2. The molecule has 0 saturated carbocycles. The normalized spacial score (nSPS) is 10.8. The summed E-state index contributed by atoms with van der Waals surface area (Å²) in [6.07, 6.45) is 1.65. The molecule has 3 rings (SSSR count). The van der Waals surface area contributed by atoms with Crippen molar-refractivity contribution in [2.45, 2.75) is 33.2 Å². The number of nitrogens with zero attached hydrogens (tertiary/aromatic N) is 1. The van der Waals surface area contributed by atoms with Crippen LogP contribution in [0, 0.1) is 6.92 Å². The summed E-state index contributed by atoms with van der Waals surface area (Å²) in [6.45, 7) is 4.79. The van der Waals surface area contributed by atoms with E-state index in [9.17, 15) is 9.90 Å². The van der Waals surface area contributed by atoms with Crippen LogP contribution >= 0.6 is 0 Å². The van der Waals surface area contributed by atoms with Crippen molar-refractivity contribution in [3.05, 3.63) is 77.1 Å². The first-order valence-corrected chi connectivity index (χ1v) is 8.88. The Balaban J connectivity index is 2.10. The minimum Gasteiger partial charge on any atom is -0.508 e. The summed E-state index contributed by atoms with van der Waals surface area (Å²) in [5.74, 6) is -0.260. The lowest BCUT2D eigenvalue weighted by Gasteiger charge is -2.12. The molecule has 0 spiro atoms. The molecule has 26 heavy (non-hydrogen) atoms. The van der Waals surface area contributed by atoms with Gasteiger partial charge in [0.05, 0.1) is 5.56 Å². The maximum absolute atomic E-state index is 12.2. The van der Waals surface area contributed by atoms with Crippen molar-refractivity contribution in [2.24, 2.45) is 5.73 Å². The molecular formula is C22H24N2O2. The Hall–Kier alpha value is -3.01. The van der Waals surface area contributed by atoms with Crippen molar-refractivity contribution in [2.75, 3.05) is 0 Å². The van der Waals surface area contributed by atoms with E-state index in [2.05, 4.69) is 23.6 Å². The van der Waals surface area contributed by atoms with Gasteiger partial charge in [-0.25, -0.2) is 0 Å². The Morgan fingerprint density at radius 2 is 1.85 bits per heavy atom. The van der Waals surface area contributed by atoms with Crippen molar-refractivity contribution in [1.29, 1.82) is 0 Å². The quantitative estimate of drug-likeness (QED) is 0.705. The molecule has 1 heterocycles. The van der Waals surface area contributed by atoms with Gasteiger partial charge in [0, 0.05) is 23.5 Å². The fraction of sp³-hybridized carbons (Fsp3) is 0.227. The van der Waals surface area contributed by atoms with Gasteiger partial charge in [-0.2, -0.15) is 0 Å². The molecule has 0 aliphatic heterocycles. The van der Waals surface area contributed by atoms with Crippen LogP contribution in [0.2, 0.25) is 0 Å². The molecule has 0 radical (unpaired) electrons. The monoisotopic (exact) mass is 348 g/mol. The molecule has 4 nitrogen and oxygen atoms in total. The second-order valence-corrected chi connectivity index (χ2v) is 6.44. The van der Waals surface area contributed by atoms with E-state index in [4.69, 9.17) is 5.73 Å². The molecule has 3 N–H and O–H groups in total. The number of phenols is 1. The first-order chi connectivity index (χ1) is 12.5. The van der Waals surface area contributed by atoms with Gasteiger partial charge in [0.25, 0.3) is 5.91 Å². The third-order valence-corrected chi connectivity index (χ3v) is 4.81. The molecule has 0 aliphatic rings. The van der Waals surface area contributed by atoms with Crippen LogP contribution in [0.4, 0.5) is 0 Å². The van der Waals surface area contributed by atoms with Crippen molar-refractivity contribution in [1.82, 2.24) is 4.57 Å². The number of hydrogen-bond acceptors (Lipinski definition) is 2. The summed E-state index contributed by atoms with van der Waals surface area (Å²) in [4.78, 5) is 12.2. The number of nitrogens with two attached hydrogens (primary N) is 1. The molecule has 3 aromatic rings. The van der Waals surface area contributed by atoms with Crippen LogP contribution in [0.5, 0.6) is 5.75 Å². The van der Waals surface area contributed by atoms with Crippen LogP contribution in [0.3, 0.4) is 0 Å². The Kier molecular flexibility index (Phi) is 5.12. The number of amides is 1. The molecule has 2 aromatic carbocycles. The van der Waals surface area contributed by atoms with Gasteiger partial charge in [0.2, 0.25) is 0 Å². The SMILES string of the molecule is CCc1c(-c2cccc(O)c2)c(C(N)=O)c(C)n1CCc1ccccc1. The van der Waals surface area contributed by atoms with E-state index in [0.29, 0.717) is 5.56 Å². The van der Waals surface area contributed by atoms with Crippen LogP contribution in [-0.2, 0) is 19.4 Å². The summed E-state index contributed by atoms with van der Waals surface area (Å²) in [7, 11) is 0. The van der Waals surface area contributed by atoms with Gasteiger partial charge in [-0.15, -0.1) is 0 Å². The third kappa shape index (κ3) is 3.36. The molecule has 0 fully saturated rings. The van der Waals surface area contributed by atoms with Crippen LogP contribution in [0.15, 0.2) is 54.6 Å². The van der Waals surface area contributed by atoms with E-state index in [0.717, 1.165) is 41.9 Å². The predicted octanol–water partition coefficient (Wildman–Crippen LogP) is 4.07. The molecule has 1 aromatic heterocycles. The second-order valence-electron chi connectivity index (χ2n) is 6.44. The first kappa shape index (κ1) is 17.8. The van der Waals surface area contributed by atoms with Gasteiger partial charge in [-0.05, 0) is 43.0 Å². The number of primary amides is 1. The molecule has 4 heteroatoms. The van der Waals surface area contributed by atoms with Crippen LogP contribution in [0.1, 0.15) is 34.2 Å². The Labute approximate surface area is 153 Å². The smallest absolute Gasteiger partial charge is 0.251 e. The maximum atomic E-state index is 12.2. The number of phenolic OH excluding ortho intramolecular Hbond substituents is 1. The van der Waals surface area contributed by atoms with Crippen molar-refractivity contribution in [3.63, 3.8) is 0 Å². The fourth-order valence-electron chi connectivity index (χ4n) is 3.63. The van der Waals surface area contributed by atoms with Gasteiger partial charge in [-0.1, -0.05) is 49.4 Å². The van der Waals surface area contributed by atoms with Crippen molar-refractivity contribution >= 4 is 5.91 Å². The topological polar surface area (TPSA) is 68.2 Å². The van der Waals surface area contributed by atoms with Gasteiger partial charge >= 0.3 is 0 Å². The van der Waals surface area contributed by atoms with Gasteiger partial charge in [0.1, 0.15) is 5.75 Å². The maximum Gasteiger partial charge on any atom is 0.251 e. The first-order valence-electron chi connectivity index (χ1n) is 8.88. The van der Waals surface area contributed by atoms with Gasteiger partial charge in [0.15, 0.2) is 0 Å². The summed E-state index contributed by atoms with van der Waals surface area (Å²) >= 11 is 0. The van der Waals surface area contributed by atoms with E-state index in [-0.39, 0.29) is 5.75 Å². The number of carbonyl (C=O) groups excluding carboxylic acids is 1. The summed E-state index contributed by atoms with van der Waals surface area (Å²) in [6, 6.07) is 17.3. The third-order valence-electron chi connectivity index (χ3n) is 4.81. The van der Waals surface area contributed by atoms with E-state index < -0.39 is 5.91 Å². The van der Waals surface area contributed by atoms with Crippen molar-refractivity contribution < 1.29 is 9.90 Å². The minimum absolute atomic E-state index is 0.176. The van der Waals surface area contributed by atoms with Gasteiger partial charge < -0.3 is 15.4 Å². The van der Waals surface area contributed by atoms with Crippen molar-refractivity contribution in [3.8, 4) is 16.9 Å². The molecule has 0 aliphatic carbocycles. The number of aromatic hydroxyl groups is 1. The predicted molar refractivity (Wildman–Crippen MR) is 104 cm³/mol. The molecule has 0 unspecified atom stereocenters. The standard InChI is InChI=1S/C22H24N2O2/c1-3-19-21(17-10-7-11-18(25)14-17)20(22(23)26)15(2)24(19)13-12-16-8-5-4-6-9-16/h4-11,14,25H,3,12-13H2,1-2H3,(H2,23,26). The highest BCUT2D eigenvalue weighted by Crippen LogP contribution is 2.34. The fourth-order valence-corrected chi connectivity index (χ4v) is 3.63. The minimum atomic E-state index is -0.436. The highest BCUT2D eigenvalue weighted by molar-refractivity contribution is 6.02. The molecule has 0 atom stereocenters. The number of aryl methyl sites for hydroxylation is 1. The lowest BCUT2D eigenvalue weighted by Crippen LogP contribution is -2.13.